The molecule has 0 amide bonds. The number of hydrogen-bond acceptors (Lipinski definition) is 0. The first kappa shape index (κ1) is 12.4. The maximum atomic E-state index is 3.72. The first-order valence-corrected chi connectivity index (χ1v) is 6.33. The lowest BCUT2D eigenvalue weighted by atomic mass is 10.0. The molecule has 0 radical (unpaired) electrons. The Morgan fingerprint density at radius 3 is 2.11 bits per heavy atom. The van der Waals surface area contributed by atoms with Crippen LogP contribution in [-0.2, 0) is 0 Å². The largest absolute Gasteiger partial charge is 0.103 e. The van der Waals surface area contributed by atoms with Gasteiger partial charge in [-0.05, 0) is 29.5 Å². The zero-order valence-corrected chi connectivity index (χ0v) is 10.5. The molecular formula is C18H18. The Morgan fingerprint density at radius 1 is 0.778 bits per heavy atom. The first-order valence-electron chi connectivity index (χ1n) is 6.33. The van der Waals surface area contributed by atoms with Gasteiger partial charge in [0.2, 0.25) is 0 Å². The molecule has 0 atom stereocenters. The molecule has 2 aromatic carbocycles. The van der Waals surface area contributed by atoms with E-state index in [2.05, 4.69) is 67.3 Å². The highest BCUT2D eigenvalue weighted by molar-refractivity contribution is 5.65. The lowest BCUT2D eigenvalue weighted by Crippen LogP contribution is -1.77. The Bertz CT molecular complexity index is 503. The van der Waals surface area contributed by atoms with Crippen LogP contribution in [0.2, 0.25) is 0 Å². The topological polar surface area (TPSA) is 0 Å². The fraction of sp³-hybridized carbons (Fsp3) is 0.111. The molecule has 2 rings (SSSR count). The van der Waals surface area contributed by atoms with E-state index in [4.69, 9.17) is 0 Å². The van der Waals surface area contributed by atoms with Crippen LogP contribution in [0.3, 0.4) is 0 Å². The zero-order chi connectivity index (χ0) is 12.6. The lowest BCUT2D eigenvalue weighted by Gasteiger charge is -2.01. The van der Waals surface area contributed by atoms with E-state index >= 15 is 0 Å². The van der Waals surface area contributed by atoms with Gasteiger partial charge in [0.25, 0.3) is 0 Å². The van der Waals surface area contributed by atoms with Crippen LogP contribution in [0.4, 0.5) is 0 Å². The summed E-state index contributed by atoms with van der Waals surface area (Å²) in [5, 5.41) is 0. The summed E-state index contributed by atoms with van der Waals surface area (Å²) in [5.74, 6) is 0. The van der Waals surface area contributed by atoms with E-state index < -0.39 is 0 Å². The molecule has 0 unspecified atom stereocenters. The highest BCUT2D eigenvalue weighted by atomic mass is 14.0. The summed E-state index contributed by atoms with van der Waals surface area (Å²) in [6.07, 6.45) is 8.41. The van der Waals surface area contributed by atoms with Crippen molar-refractivity contribution in [3.63, 3.8) is 0 Å². The second-order valence-electron chi connectivity index (χ2n) is 4.26. The quantitative estimate of drug-likeness (QED) is 0.484. The minimum Gasteiger partial charge on any atom is -0.103 e. The second kappa shape index (κ2) is 6.61. The van der Waals surface area contributed by atoms with E-state index in [9.17, 15) is 0 Å². The van der Waals surface area contributed by atoms with Crippen LogP contribution < -0.4 is 0 Å². The maximum absolute atomic E-state index is 3.72. The Kier molecular flexibility index (Phi) is 4.54. The van der Waals surface area contributed by atoms with Gasteiger partial charge in [0.05, 0.1) is 0 Å². The van der Waals surface area contributed by atoms with Gasteiger partial charge in [-0.1, -0.05) is 72.8 Å². The molecule has 0 aliphatic carbocycles. The molecule has 0 saturated carbocycles. The van der Waals surface area contributed by atoms with Gasteiger partial charge < -0.3 is 0 Å². The third kappa shape index (κ3) is 3.46. The molecule has 0 aromatic heterocycles. The Hall–Kier alpha value is -2.08. The van der Waals surface area contributed by atoms with Crippen LogP contribution in [0.15, 0.2) is 73.3 Å². The average Bonchev–Trinajstić information content (AvgIpc) is 2.45. The molecule has 2 aromatic rings. The number of allylic oxidation sites excluding steroid dienone is 2. The predicted octanol–water partition coefficient (Wildman–Crippen LogP) is 5.33. The summed E-state index contributed by atoms with van der Waals surface area (Å²) >= 11 is 0. The molecular weight excluding hydrogens is 216 g/mol. The molecule has 0 nitrogen and oxygen atoms in total. The number of rotatable bonds is 5. The Labute approximate surface area is 109 Å². The summed E-state index contributed by atoms with van der Waals surface area (Å²) in [6.45, 7) is 3.72. The van der Waals surface area contributed by atoms with Crippen molar-refractivity contribution in [3.05, 3.63) is 78.9 Å². The predicted molar refractivity (Wildman–Crippen MR) is 80.3 cm³/mol. The lowest BCUT2D eigenvalue weighted by molar-refractivity contribution is 1.06. The number of unbranched alkanes of at least 4 members (excludes halogenated alkanes) is 1. The monoisotopic (exact) mass is 234 g/mol. The average molecular weight is 234 g/mol. The van der Waals surface area contributed by atoms with Crippen molar-refractivity contribution in [1.29, 1.82) is 0 Å². The van der Waals surface area contributed by atoms with Crippen molar-refractivity contribution < 1.29 is 0 Å². The third-order valence-electron chi connectivity index (χ3n) is 2.87. The van der Waals surface area contributed by atoms with Crippen LogP contribution in [-0.4, -0.2) is 0 Å². The van der Waals surface area contributed by atoms with E-state index in [-0.39, 0.29) is 0 Å². The highest BCUT2D eigenvalue weighted by Crippen LogP contribution is 2.19. The van der Waals surface area contributed by atoms with Gasteiger partial charge in [-0.2, -0.15) is 0 Å². The standard InChI is InChI=1S/C18H18/c1-2-3-4-6-9-16-12-14-18(15-13-16)17-10-7-5-8-11-17/h2,5-15H,1,3-4H2. The van der Waals surface area contributed by atoms with E-state index in [1.807, 2.05) is 12.1 Å². The van der Waals surface area contributed by atoms with E-state index in [1.54, 1.807) is 0 Å². The number of hydrogen-bond donors (Lipinski definition) is 0. The summed E-state index contributed by atoms with van der Waals surface area (Å²) in [5.41, 5.74) is 3.78. The second-order valence-corrected chi connectivity index (χ2v) is 4.26. The number of benzene rings is 2. The zero-order valence-electron chi connectivity index (χ0n) is 10.5. The van der Waals surface area contributed by atoms with Gasteiger partial charge in [0.1, 0.15) is 0 Å². The summed E-state index contributed by atoms with van der Waals surface area (Å²) in [4.78, 5) is 0. The minimum atomic E-state index is 1.04. The van der Waals surface area contributed by atoms with Gasteiger partial charge in [0.15, 0.2) is 0 Å². The normalized spacial score (nSPS) is 10.7. The van der Waals surface area contributed by atoms with Gasteiger partial charge in [-0.3, -0.25) is 0 Å². The van der Waals surface area contributed by atoms with E-state index in [0.29, 0.717) is 0 Å². The van der Waals surface area contributed by atoms with Crippen LogP contribution in [0.1, 0.15) is 18.4 Å². The van der Waals surface area contributed by atoms with Crippen molar-refractivity contribution in [2.24, 2.45) is 0 Å². The van der Waals surface area contributed by atoms with Crippen molar-refractivity contribution in [2.45, 2.75) is 12.8 Å². The molecule has 0 fully saturated rings. The summed E-state index contributed by atoms with van der Waals surface area (Å²) in [7, 11) is 0. The molecule has 90 valence electrons. The smallest absolute Gasteiger partial charge is 0.0184 e. The van der Waals surface area contributed by atoms with Crippen molar-refractivity contribution >= 4 is 6.08 Å². The SMILES string of the molecule is C=CCCC=Cc1ccc(-c2ccccc2)cc1. The van der Waals surface area contributed by atoms with Crippen LogP contribution >= 0.6 is 0 Å². The molecule has 0 bridgehead atoms. The summed E-state index contributed by atoms with van der Waals surface area (Å²) < 4.78 is 0. The summed E-state index contributed by atoms with van der Waals surface area (Å²) in [6, 6.07) is 19.1. The van der Waals surface area contributed by atoms with Gasteiger partial charge in [-0.25, -0.2) is 0 Å². The molecule has 0 heterocycles. The molecule has 0 saturated heterocycles. The highest BCUT2D eigenvalue weighted by Gasteiger charge is 1.95. The Morgan fingerprint density at radius 2 is 1.44 bits per heavy atom. The van der Waals surface area contributed by atoms with Crippen LogP contribution in [0.5, 0.6) is 0 Å². The molecule has 0 spiro atoms. The molecule has 18 heavy (non-hydrogen) atoms. The van der Waals surface area contributed by atoms with Crippen molar-refractivity contribution in [3.8, 4) is 11.1 Å². The molecule has 0 heteroatoms. The molecule has 0 aliphatic rings. The van der Waals surface area contributed by atoms with Crippen molar-refractivity contribution in [1.82, 2.24) is 0 Å². The Balaban J connectivity index is 2.06. The third-order valence-corrected chi connectivity index (χ3v) is 2.87. The minimum absolute atomic E-state index is 1.04. The maximum Gasteiger partial charge on any atom is -0.0184 e. The van der Waals surface area contributed by atoms with Crippen LogP contribution in [0.25, 0.3) is 17.2 Å². The van der Waals surface area contributed by atoms with Crippen molar-refractivity contribution in [2.75, 3.05) is 0 Å². The fourth-order valence-electron chi connectivity index (χ4n) is 1.85. The van der Waals surface area contributed by atoms with Crippen LogP contribution in [0, 0.1) is 0 Å². The van der Waals surface area contributed by atoms with Gasteiger partial charge in [0, 0.05) is 0 Å². The van der Waals surface area contributed by atoms with E-state index in [0.717, 1.165) is 12.8 Å². The van der Waals surface area contributed by atoms with Gasteiger partial charge in [-0.15, -0.1) is 6.58 Å². The fourth-order valence-corrected chi connectivity index (χ4v) is 1.85. The van der Waals surface area contributed by atoms with Gasteiger partial charge >= 0.3 is 0 Å². The molecule has 0 aliphatic heterocycles. The molecule has 0 N–H and O–H groups in total. The first-order chi connectivity index (χ1) is 8.90. The van der Waals surface area contributed by atoms with E-state index in [1.165, 1.54) is 16.7 Å².